The first-order chi connectivity index (χ1) is 12.7. The van der Waals surface area contributed by atoms with Crippen LogP contribution in [0.15, 0.2) is 36.7 Å². The van der Waals surface area contributed by atoms with E-state index in [0.717, 1.165) is 0 Å². The second-order valence-corrected chi connectivity index (χ2v) is 6.00. The molecule has 1 fully saturated rings. The summed E-state index contributed by atoms with van der Waals surface area (Å²) in [4.78, 5) is 22.4. The highest BCUT2D eigenvalue weighted by Gasteiger charge is 2.35. The van der Waals surface area contributed by atoms with Crippen LogP contribution in [0.25, 0.3) is 0 Å². The van der Waals surface area contributed by atoms with Crippen LogP contribution in [-0.2, 0) is 4.79 Å². The van der Waals surface area contributed by atoms with Crippen molar-refractivity contribution in [3.05, 3.63) is 42.4 Å². The number of hydrogen-bond acceptors (Lipinski definition) is 7. The molecule has 4 rings (SSSR count). The number of para-hydroxylation sites is 2. The summed E-state index contributed by atoms with van der Waals surface area (Å²) in [7, 11) is 0. The second kappa shape index (κ2) is 6.88. The number of hydrogen-bond donors (Lipinski definition) is 0. The molecule has 2 aromatic rings. The van der Waals surface area contributed by atoms with E-state index in [1.54, 1.807) is 11.0 Å². The van der Waals surface area contributed by atoms with Crippen molar-refractivity contribution in [2.24, 2.45) is 0 Å². The van der Waals surface area contributed by atoms with Gasteiger partial charge in [0.1, 0.15) is 18.8 Å². The minimum absolute atomic E-state index is 0.134. The number of ether oxygens (including phenoxy) is 3. The van der Waals surface area contributed by atoms with Gasteiger partial charge in [-0.05, 0) is 12.1 Å². The summed E-state index contributed by atoms with van der Waals surface area (Å²) in [5.74, 6) is 1.28. The first-order valence-electron chi connectivity index (χ1n) is 8.29. The third kappa shape index (κ3) is 3.11. The molecule has 8 nitrogen and oxygen atoms in total. The van der Waals surface area contributed by atoms with Gasteiger partial charge in [0.25, 0.3) is 11.8 Å². The zero-order chi connectivity index (χ0) is 17.9. The SMILES string of the molecule is N#Cc1nccnc1OC1CCN(C(=O)C2COc3ccccc3O2)C1. The first-order valence-corrected chi connectivity index (χ1v) is 8.29. The van der Waals surface area contributed by atoms with E-state index in [9.17, 15) is 4.79 Å². The zero-order valence-electron chi connectivity index (χ0n) is 13.9. The summed E-state index contributed by atoms with van der Waals surface area (Å²) in [6.45, 7) is 1.13. The third-order valence-electron chi connectivity index (χ3n) is 4.29. The largest absolute Gasteiger partial charge is 0.485 e. The standard InChI is InChI=1S/C18H16N4O4/c19-9-13-17(21-7-6-20-13)25-12-5-8-22(10-12)18(23)16-11-24-14-3-1-2-4-15(14)26-16/h1-4,6-7,12,16H,5,8,10-11H2. The molecule has 3 heterocycles. The molecule has 0 spiro atoms. The molecule has 2 aliphatic rings. The molecule has 0 aliphatic carbocycles. The Morgan fingerprint density at radius 3 is 2.92 bits per heavy atom. The average molecular weight is 352 g/mol. The molecule has 2 unspecified atom stereocenters. The van der Waals surface area contributed by atoms with Crippen LogP contribution in [0.3, 0.4) is 0 Å². The Morgan fingerprint density at radius 1 is 1.27 bits per heavy atom. The number of rotatable bonds is 3. The Labute approximate surface area is 149 Å². The maximum Gasteiger partial charge on any atom is 0.267 e. The summed E-state index contributed by atoms with van der Waals surface area (Å²) in [6.07, 6.45) is 2.65. The number of carbonyl (C=O) groups excluding carboxylic acids is 1. The topological polar surface area (TPSA) is 97.6 Å². The number of likely N-dealkylation sites (tertiary alicyclic amines) is 1. The van der Waals surface area contributed by atoms with Gasteiger partial charge in [0.15, 0.2) is 11.5 Å². The second-order valence-electron chi connectivity index (χ2n) is 6.00. The highest BCUT2D eigenvalue weighted by atomic mass is 16.6. The van der Waals surface area contributed by atoms with Crippen molar-refractivity contribution in [2.45, 2.75) is 18.6 Å². The molecular weight excluding hydrogens is 336 g/mol. The highest BCUT2D eigenvalue weighted by molar-refractivity contribution is 5.82. The van der Waals surface area contributed by atoms with Crippen LogP contribution in [0.5, 0.6) is 17.4 Å². The Balaban J connectivity index is 1.38. The van der Waals surface area contributed by atoms with Crippen molar-refractivity contribution in [1.29, 1.82) is 5.26 Å². The van der Waals surface area contributed by atoms with E-state index in [1.165, 1.54) is 12.4 Å². The van der Waals surface area contributed by atoms with Gasteiger partial charge in [0.05, 0.1) is 6.54 Å². The summed E-state index contributed by atoms with van der Waals surface area (Å²) in [6, 6.07) is 9.23. The average Bonchev–Trinajstić information content (AvgIpc) is 3.16. The summed E-state index contributed by atoms with van der Waals surface area (Å²) in [5, 5.41) is 9.06. The molecule has 8 heteroatoms. The van der Waals surface area contributed by atoms with Gasteiger partial charge in [-0.15, -0.1) is 0 Å². The number of nitrogens with zero attached hydrogens (tertiary/aromatic N) is 4. The number of nitriles is 1. The number of benzene rings is 1. The first kappa shape index (κ1) is 16.1. The lowest BCUT2D eigenvalue weighted by molar-refractivity contribution is -0.140. The molecule has 2 aliphatic heterocycles. The van der Waals surface area contributed by atoms with E-state index >= 15 is 0 Å². The van der Waals surface area contributed by atoms with Gasteiger partial charge in [-0.1, -0.05) is 12.1 Å². The van der Waals surface area contributed by atoms with Crippen molar-refractivity contribution in [2.75, 3.05) is 19.7 Å². The summed E-state index contributed by atoms with van der Waals surface area (Å²) >= 11 is 0. The molecule has 1 saturated heterocycles. The van der Waals surface area contributed by atoms with Crippen molar-refractivity contribution in [3.63, 3.8) is 0 Å². The Hall–Kier alpha value is -3.34. The molecule has 1 amide bonds. The van der Waals surface area contributed by atoms with Crippen molar-refractivity contribution >= 4 is 5.91 Å². The number of fused-ring (bicyclic) bond motifs is 1. The fourth-order valence-electron chi connectivity index (χ4n) is 3.02. The molecule has 1 aromatic heterocycles. The monoisotopic (exact) mass is 352 g/mol. The molecule has 2 atom stereocenters. The van der Waals surface area contributed by atoms with E-state index in [4.69, 9.17) is 19.5 Å². The van der Waals surface area contributed by atoms with E-state index in [-0.39, 0.29) is 30.2 Å². The number of amides is 1. The van der Waals surface area contributed by atoms with Crippen molar-refractivity contribution in [1.82, 2.24) is 14.9 Å². The lowest BCUT2D eigenvalue weighted by Gasteiger charge is -2.28. The summed E-state index contributed by atoms with van der Waals surface area (Å²) < 4.78 is 17.1. The quantitative estimate of drug-likeness (QED) is 0.818. The van der Waals surface area contributed by atoms with Crippen molar-refractivity contribution in [3.8, 4) is 23.4 Å². The predicted octanol–water partition coefficient (Wildman–Crippen LogP) is 1.17. The number of carbonyl (C=O) groups is 1. The Bertz CT molecular complexity index is 866. The fraction of sp³-hybridized carbons (Fsp3) is 0.333. The van der Waals surface area contributed by atoms with Gasteiger partial charge in [0.2, 0.25) is 11.8 Å². The van der Waals surface area contributed by atoms with Gasteiger partial charge < -0.3 is 19.1 Å². The Morgan fingerprint density at radius 2 is 2.08 bits per heavy atom. The van der Waals surface area contributed by atoms with Gasteiger partial charge in [0, 0.05) is 25.4 Å². The molecule has 0 bridgehead atoms. The molecule has 1 aromatic carbocycles. The summed E-state index contributed by atoms with van der Waals surface area (Å²) in [5.41, 5.74) is 0.137. The lowest BCUT2D eigenvalue weighted by Crippen LogP contribution is -2.46. The molecule has 132 valence electrons. The Kier molecular flexibility index (Phi) is 4.27. The fourth-order valence-corrected chi connectivity index (χ4v) is 3.02. The van der Waals surface area contributed by atoms with E-state index in [1.807, 2.05) is 24.3 Å². The van der Waals surface area contributed by atoms with Crippen LogP contribution in [0.4, 0.5) is 0 Å². The van der Waals surface area contributed by atoms with Crippen LogP contribution in [-0.4, -0.2) is 52.7 Å². The van der Waals surface area contributed by atoms with Gasteiger partial charge in [-0.25, -0.2) is 9.97 Å². The van der Waals surface area contributed by atoms with Gasteiger partial charge >= 0.3 is 0 Å². The van der Waals surface area contributed by atoms with Crippen LogP contribution in [0.2, 0.25) is 0 Å². The third-order valence-corrected chi connectivity index (χ3v) is 4.29. The predicted molar refractivity (Wildman–Crippen MR) is 88.7 cm³/mol. The van der Waals surface area contributed by atoms with Gasteiger partial charge in [-0.3, -0.25) is 4.79 Å². The van der Waals surface area contributed by atoms with Crippen LogP contribution < -0.4 is 14.2 Å². The van der Waals surface area contributed by atoms with Gasteiger partial charge in [-0.2, -0.15) is 5.26 Å². The normalized spacial score (nSPS) is 21.1. The zero-order valence-corrected chi connectivity index (χ0v) is 13.9. The lowest BCUT2D eigenvalue weighted by atomic mass is 10.2. The molecule has 0 radical (unpaired) electrons. The molecular formula is C18H16N4O4. The maximum atomic E-state index is 12.7. The smallest absolute Gasteiger partial charge is 0.267 e. The molecule has 26 heavy (non-hydrogen) atoms. The highest BCUT2D eigenvalue weighted by Crippen LogP contribution is 2.31. The minimum atomic E-state index is -0.671. The van der Waals surface area contributed by atoms with Crippen LogP contribution in [0, 0.1) is 11.3 Å². The van der Waals surface area contributed by atoms with E-state index in [2.05, 4.69) is 9.97 Å². The maximum absolute atomic E-state index is 12.7. The van der Waals surface area contributed by atoms with E-state index < -0.39 is 6.10 Å². The van der Waals surface area contributed by atoms with Crippen LogP contribution >= 0.6 is 0 Å². The van der Waals surface area contributed by atoms with Crippen LogP contribution in [0.1, 0.15) is 12.1 Å². The van der Waals surface area contributed by atoms with E-state index in [0.29, 0.717) is 31.0 Å². The molecule has 0 N–H and O–H groups in total. The van der Waals surface area contributed by atoms with Crippen molar-refractivity contribution < 1.29 is 19.0 Å². The number of aromatic nitrogens is 2. The minimum Gasteiger partial charge on any atom is -0.485 e. The molecule has 0 saturated carbocycles.